The van der Waals surface area contributed by atoms with Crippen LogP contribution in [-0.2, 0) is 6.42 Å². The summed E-state index contributed by atoms with van der Waals surface area (Å²) >= 11 is 0. The molecule has 1 aromatic carbocycles. The Morgan fingerprint density at radius 3 is 3.18 bits per heavy atom. The van der Waals surface area contributed by atoms with E-state index in [4.69, 9.17) is 10.5 Å². The first-order chi connectivity index (χ1) is 8.29. The van der Waals surface area contributed by atoms with Crippen molar-refractivity contribution in [2.45, 2.75) is 18.9 Å². The molecule has 0 amide bonds. The van der Waals surface area contributed by atoms with Crippen molar-refractivity contribution in [1.29, 1.82) is 0 Å². The Morgan fingerprint density at radius 2 is 2.35 bits per heavy atom. The third-order valence-corrected chi connectivity index (χ3v) is 3.68. The van der Waals surface area contributed by atoms with Gasteiger partial charge in [0.15, 0.2) is 5.96 Å². The van der Waals surface area contributed by atoms with Gasteiger partial charge >= 0.3 is 0 Å². The van der Waals surface area contributed by atoms with Gasteiger partial charge in [-0.05, 0) is 36.1 Å². The molecule has 4 nitrogen and oxygen atoms in total. The molecule has 1 aromatic rings. The van der Waals surface area contributed by atoms with Crippen molar-refractivity contribution in [3.63, 3.8) is 0 Å². The van der Waals surface area contributed by atoms with Crippen molar-refractivity contribution in [1.82, 2.24) is 4.90 Å². The molecule has 0 saturated carbocycles. The van der Waals surface area contributed by atoms with Crippen LogP contribution in [0.1, 0.15) is 23.6 Å². The van der Waals surface area contributed by atoms with Gasteiger partial charge in [-0.2, -0.15) is 0 Å². The van der Waals surface area contributed by atoms with Gasteiger partial charge < -0.3 is 15.4 Å². The fraction of sp³-hybridized carbons (Fsp3) is 0.462. The molecule has 1 atom stereocenters. The summed E-state index contributed by atoms with van der Waals surface area (Å²) in [6.45, 7) is 1.79. The lowest BCUT2D eigenvalue weighted by molar-refractivity contribution is 0.268. The number of hydrogen-bond donors (Lipinski definition) is 1. The average Bonchev–Trinajstić information content (AvgIpc) is 2.38. The van der Waals surface area contributed by atoms with Crippen LogP contribution in [0.4, 0.5) is 0 Å². The number of ether oxygens (including phenoxy) is 1. The summed E-state index contributed by atoms with van der Waals surface area (Å²) in [4.78, 5) is 6.54. The van der Waals surface area contributed by atoms with Gasteiger partial charge in [0.2, 0.25) is 0 Å². The Hall–Kier alpha value is -1.71. The van der Waals surface area contributed by atoms with E-state index in [1.165, 1.54) is 11.1 Å². The summed E-state index contributed by atoms with van der Waals surface area (Å²) in [6.07, 6.45) is 2.07. The zero-order valence-electron chi connectivity index (χ0n) is 10.0. The smallest absolute Gasteiger partial charge is 0.191 e. The molecule has 4 heteroatoms. The molecule has 0 radical (unpaired) electrons. The molecule has 90 valence electrons. The first-order valence-corrected chi connectivity index (χ1v) is 6.03. The van der Waals surface area contributed by atoms with Crippen LogP contribution >= 0.6 is 0 Å². The topological polar surface area (TPSA) is 50.9 Å². The van der Waals surface area contributed by atoms with E-state index in [1.807, 2.05) is 6.07 Å². The number of nitrogens with zero attached hydrogens (tertiary/aromatic N) is 2. The van der Waals surface area contributed by atoms with Crippen LogP contribution in [0.3, 0.4) is 0 Å². The van der Waals surface area contributed by atoms with Gasteiger partial charge in [0.25, 0.3) is 0 Å². The fourth-order valence-electron chi connectivity index (χ4n) is 2.79. The van der Waals surface area contributed by atoms with Crippen LogP contribution in [0.15, 0.2) is 23.2 Å². The van der Waals surface area contributed by atoms with Crippen LogP contribution < -0.4 is 10.5 Å². The molecular formula is C13H17N3O. The van der Waals surface area contributed by atoms with E-state index in [-0.39, 0.29) is 0 Å². The van der Waals surface area contributed by atoms with E-state index in [0.717, 1.165) is 31.7 Å². The normalized spacial score (nSPS) is 22.5. The molecule has 1 unspecified atom stereocenters. The second kappa shape index (κ2) is 3.95. The number of hydrogen-bond acceptors (Lipinski definition) is 4. The third kappa shape index (κ3) is 1.64. The molecule has 0 bridgehead atoms. The minimum absolute atomic E-state index is 0.405. The van der Waals surface area contributed by atoms with Crippen LogP contribution in [0.2, 0.25) is 0 Å². The first-order valence-electron chi connectivity index (χ1n) is 6.03. The number of methoxy groups -OCH3 is 1. The summed E-state index contributed by atoms with van der Waals surface area (Å²) in [7, 11) is 1.71. The van der Waals surface area contributed by atoms with Gasteiger partial charge in [-0.25, -0.2) is 0 Å². The second-order valence-electron chi connectivity index (χ2n) is 4.55. The maximum absolute atomic E-state index is 5.95. The van der Waals surface area contributed by atoms with E-state index in [1.54, 1.807) is 7.11 Å². The number of rotatable bonds is 1. The van der Waals surface area contributed by atoms with E-state index in [9.17, 15) is 0 Å². The predicted octanol–water partition coefficient (Wildman–Crippen LogP) is 1.31. The predicted molar refractivity (Wildman–Crippen MR) is 67.3 cm³/mol. The molecule has 3 rings (SSSR count). The van der Waals surface area contributed by atoms with Crippen LogP contribution in [0.25, 0.3) is 0 Å². The van der Waals surface area contributed by atoms with Gasteiger partial charge in [0.05, 0.1) is 13.2 Å². The van der Waals surface area contributed by atoms with Crippen molar-refractivity contribution in [3.8, 4) is 5.75 Å². The molecule has 2 N–H and O–H groups in total. The van der Waals surface area contributed by atoms with Crippen molar-refractivity contribution in [2.75, 3.05) is 20.2 Å². The number of aliphatic imine (C=N–C) groups is 1. The third-order valence-electron chi connectivity index (χ3n) is 3.68. The van der Waals surface area contributed by atoms with E-state index in [2.05, 4.69) is 22.0 Å². The molecule has 17 heavy (non-hydrogen) atoms. The Balaban J connectivity index is 2.00. The summed E-state index contributed by atoms with van der Waals surface area (Å²) in [5, 5.41) is 0. The van der Waals surface area contributed by atoms with Gasteiger partial charge in [-0.1, -0.05) is 6.07 Å². The van der Waals surface area contributed by atoms with Crippen molar-refractivity contribution < 1.29 is 4.74 Å². The lowest BCUT2D eigenvalue weighted by Crippen LogP contribution is -2.46. The Kier molecular flexibility index (Phi) is 2.42. The van der Waals surface area contributed by atoms with Gasteiger partial charge in [0.1, 0.15) is 5.75 Å². The molecule has 0 fully saturated rings. The summed E-state index contributed by atoms with van der Waals surface area (Å²) in [6, 6.07) is 6.75. The Labute approximate surface area is 101 Å². The fourth-order valence-corrected chi connectivity index (χ4v) is 2.79. The monoisotopic (exact) mass is 231 g/mol. The number of benzene rings is 1. The maximum atomic E-state index is 5.95. The van der Waals surface area contributed by atoms with Crippen LogP contribution in [0.5, 0.6) is 5.75 Å². The van der Waals surface area contributed by atoms with Gasteiger partial charge in [-0.15, -0.1) is 0 Å². The first kappa shape index (κ1) is 10.4. The molecule has 2 aliphatic rings. The standard InChI is InChI=1S/C13H17N3O/c1-17-10-2-3-11-9(8-10)5-7-16-12(11)4-6-15-13(16)14/h2-3,8,12H,4-7H2,1H3,(H2,14,15). The van der Waals surface area contributed by atoms with E-state index >= 15 is 0 Å². The molecule has 0 saturated heterocycles. The van der Waals surface area contributed by atoms with Crippen molar-refractivity contribution >= 4 is 5.96 Å². The Morgan fingerprint density at radius 1 is 1.47 bits per heavy atom. The molecule has 0 aliphatic carbocycles. The highest BCUT2D eigenvalue weighted by Gasteiger charge is 2.30. The maximum Gasteiger partial charge on any atom is 0.191 e. The minimum Gasteiger partial charge on any atom is -0.497 e. The van der Waals surface area contributed by atoms with E-state index < -0.39 is 0 Å². The van der Waals surface area contributed by atoms with E-state index in [0.29, 0.717) is 12.0 Å². The molecule has 2 aliphatic heterocycles. The summed E-state index contributed by atoms with van der Waals surface area (Å²) < 4.78 is 5.28. The number of guanidine groups is 1. The highest BCUT2D eigenvalue weighted by atomic mass is 16.5. The zero-order valence-corrected chi connectivity index (χ0v) is 10.0. The molecule has 0 spiro atoms. The minimum atomic E-state index is 0.405. The van der Waals surface area contributed by atoms with Crippen LogP contribution in [-0.4, -0.2) is 31.1 Å². The zero-order chi connectivity index (χ0) is 11.8. The SMILES string of the molecule is COc1ccc2c(c1)CCN1C(N)=NCCC21. The molecule has 0 aromatic heterocycles. The summed E-state index contributed by atoms with van der Waals surface area (Å²) in [5.74, 6) is 1.64. The van der Waals surface area contributed by atoms with Gasteiger partial charge in [-0.3, -0.25) is 4.99 Å². The number of fused-ring (bicyclic) bond motifs is 3. The quantitative estimate of drug-likeness (QED) is 0.793. The largest absolute Gasteiger partial charge is 0.497 e. The van der Waals surface area contributed by atoms with Crippen molar-refractivity contribution in [2.24, 2.45) is 10.7 Å². The molecule has 2 heterocycles. The van der Waals surface area contributed by atoms with Crippen molar-refractivity contribution in [3.05, 3.63) is 29.3 Å². The molecular weight excluding hydrogens is 214 g/mol. The summed E-state index contributed by atoms with van der Waals surface area (Å²) in [5.41, 5.74) is 8.73. The number of nitrogens with two attached hydrogens (primary N) is 1. The Bertz CT molecular complexity index is 470. The lowest BCUT2D eigenvalue weighted by atomic mass is 9.90. The highest BCUT2D eigenvalue weighted by molar-refractivity contribution is 5.79. The average molecular weight is 231 g/mol. The highest BCUT2D eigenvalue weighted by Crippen LogP contribution is 2.35. The van der Waals surface area contributed by atoms with Gasteiger partial charge in [0, 0.05) is 13.1 Å². The second-order valence-corrected chi connectivity index (χ2v) is 4.55. The van der Waals surface area contributed by atoms with Crippen LogP contribution in [0, 0.1) is 0 Å². The lowest BCUT2D eigenvalue weighted by Gasteiger charge is -2.40.